The maximum absolute atomic E-state index is 7.38. The number of nitrogens with zero attached hydrogens (tertiary/aromatic N) is 2. The van der Waals surface area contributed by atoms with E-state index in [1.165, 1.54) is 0 Å². The van der Waals surface area contributed by atoms with Gasteiger partial charge in [-0.15, -0.1) is 0 Å². The van der Waals surface area contributed by atoms with E-state index in [1.54, 1.807) is 24.3 Å². The summed E-state index contributed by atoms with van der Waals surface area (Å²) in [5, 5.41) is 15.8. The second kappa shape index (κ2) is 5.82. The quantitative estimate of drug-likeness (QED) is 0.761. The first-order valence-corrected chi connectivity index (χ1v) is 5.80. The molecular weight excluding hydrogens is 224 g/mol. The van der Waals surface area contributed by atoms with Crippen LogP contribution in [0.2, 0.25) is 0 Å². The standard InChI is InChI=1S/C14H16N4/c15-13-3-9-17(10-4-13)7-1-2-8-18-11-5-14(16)6-12-18/h1-6,9-12,15-16H,7-8H2/b2-1+. The van der Waals surface area contributed by atoms with Crippen LogP contribution in [0.5, 0.6) is 0 Å². The van der Waals surface area contributed by atoms with Crippen LogP contribution in [0.15, 0.2) is 61.2 Å². The molecule has 0 saturated carbocycles. The fourth-order valence-electron chi connectivity index (χ4n) is 1.55. The first-order chi connectivity index (χ1) is 8.74. The first-order valence-electron chi connectivity index (χ1n) is 5.80. The van der Waals surface area contributed by atoms with Gasteiger partial charge in [-0.25, -0.2) is 0 Å². The monoisotopic (exact) mass is 240 g/mol. The van der Waals surface area contributed by atoms with Crippen LogP contribution in [-0.4, -0.2) is 9.13 Å². The van der Waals surface area contributed by atoms with Crippen LogP contribution in [0.25, 0.3) is 0 Å². The lowest BCUT2D eigenvalue weighted by molar-refractivity contribution is 0.779. The number of pyridine rings is 2. The molecule has 92 valence electrons. The fraction of sp³-hybridized carbons (Fsp3) is 0.143. The highest BCUT2D eigenvalue weighted by atomic mass is 14.9. The van der Waals surface area contributed by atoms with Gasteiger partial charge < -0.3 is 20.0 Å². The van der Waals surface area contributed by atoms with Gasteiger partial charge in [0.25, 0.3) is 0 Å². The summed E-state index contributed by atoms with van der Waals surface area (Å²) in [4.78, 5) is 0. The van der Waals surface area contributed by atoms with Gasteiger partial charge >= 0.3 is 0 Å². The van der Waals surface area contributed by atoms with Crippen LogP contribution in [0.4, 0.5) is 0 Å². The van der Waals surface area contributed by atoms with Crippen LogP contribution < -0.4 is 10.7 Å². The van der Waals surface area contributed by atoms with E-state index in [-0.39, 0.29) is 0 Å². The van der Waals surface area contributed by atoms with Crippen molar-refractivity contribution in [3.63, 3.8) is 0 Å². The van der Waals surface area contributed by atoms with E-state index in [9.17, 15) is 0 Å². The fourth-order valence-corrected chi connectivity index (χ4v) is 1.55. The average Bonchev–Trinajstić information content (AvgIpc) is 2.39. The third-order valence-electron chi connectivity index (χ3n) is 2.58. The molecule has 0 atom stereocenters. The molecule has 18 heavy (non-hydrogen) atoms. The summed E-state index contributed by atoms with van der Waals surface area (Å²) < 4.78 is 4.04. The maximum atomic E-state index is 7.38. The van der Waals surface area contributed by atoms with E-state index >= 15 is 0 Å². The number of nitrogens with one attached hydrogen (secondary N) is 2. The Balaban J connectivity index is 1.88. The summed E-state index contributed by atoms with van der Waals surface area (Å²) in [7, 11) is 0. The summed E-state index contributed by atoms with van der Waals surface area (Å²) in [6.07, 6.45) is 11.8. The van der Waals surface area contributed by atoms with Gasteiger partial charge in [-0.1, -0.05) is 12.2 Å². The number of hydrogen-bond donors (Lipinski definition) is 2. The third-order valence-corrected chi connectivity index (χ3v) is 2.58. The van der Waals surface area contributed by atoms with Crippen molar-refractivity contribution < 1.29 is 0 Å². The molecule has 2 heterocycles. The molecule has 0 aromatic carbocycles. The van der Waals surface area contributed by atoms with Crippen molar-refractivity contribution in [3.8, 4) is 0 Å². The van der Waals surface area contributed by atoms with Crippen molar-refractivity contribution in [2.24, 2.45) is 0 Å². The maximum Gasteiger partial charge on any atom is 0.0568 e. The highest BCUT2D eigenvalue weighted by Crippen LogP contribution is 1.89. The summed E-state index contributed by atoms with van der Waals surface area (Å²) in [5.74, 6) is 0. The lowest BCUT2D eigenvalue weighted by Gasteiger charge is -2.02. The Morgan fingerprint density at radius 1 is 0.722 bits per heavy atom. The van der Waals surface area contributed by atoms with Gasteiger partial charge in [0.05, 0.1) is 10.7 Å². The van der Waals surface area contributed by atoms with Crippen molar-refractivity contribution in [3.05, 3.63) is 71.9 Å². The van der Waals surface area contributed by atoms with Gasteiger partial charge in [0.2, 0.25) is 0 Å². The Hall–Kier alpha value is -2.36. The predicted molar refractivity (Wildman–Crippen MR) is 69.7 cm³/mol. The van der Waals surface area contributed by atoms with Crippen molar-refractivity contribution >= 4 is 0 Å². The topological polar surface area (TPSA) is 57.6 Å². The normalized spacial score (nSPS) is 10.9. The van der Waals surface area contributed by atoms with Crippen molar-refractivity contribution in [1.29, 1.82) is 10.8 Å². The van der Waals surface area contributed by atoms with E-state index in [2.05, 4.69) is 12.2 Å². The van der Waals surface area contributed by atoms with Crippen molar-refractivity contribution in [1.82, 2.24) is 9.13 Å². The van der Waals surface area contributed by atoms with E-state index in [0.717, 1.165) is 13.1 Å². The Bertz CT molecular complexity index is 551. The molecule has 0 fully saturated rings. The van der Waals surface area contributed by atoms with Crippen LogP contribution >= 0.6 is 0 Å². The Morgan fingerprint density at radius 2 is 1.06 bits per heavy atom. The molecule has 0 bridgehead atoms. The van der Waals surface area contributed by atoms with E-state index in [0.29, 0.717) is 10.7 Å². The van der Waals surface area contributed by atoms with Gasteiger partial charge in [0.15, 0.2) is 0 Å². The molecule has 0 aliphatic carbocycles. The molecule has 4 heteroatoms. The summed E-state index contributed by atoms with van der Waals surface area (Å²) in [6, 6.07) is 7.09. The molecule has 0 unspecified atom stereocenters. The minimum Gasteiger partial charge on any atom is -0.350 e. The smallest absolute Gasteiger partial charge is 0.0568 e. The number of hydrogen-bond acceptors (Lipinski definition) is 2. The number of rotatable bonds is 4. The molecule has 2 aromatic rings. The highest BCUT2D eigenvalue weighted by Gasteiger charge is 1.85. The van der Waals surface area contributed by atoms with Crippen LogP contribution in [0.3, 0.4) is 0 Å². The molecule has 0 spiro atoms. The van der Waals surface area contributed by atoms with Crippen LogP contribution in [-0.2, 0) is 13.1 Å². The first kappa shape index (κ1) is 12.1. The van der Waals surface area contributed by atoms with Gasteiger partial charge in [-0.3, -0.25) is 0 Å². The molecule has 0 saturated heterocycles. The minimum absolute atomic E-state index is 0.529. The Kier molecular flexibility index (Phi) is 3.91. The van der Waals surface area contributed by atoms with Gasteiger partial charge in [0.1, 0.15) is 0 Å². The van der Waals surface area contributed by atoms with Crippen molar-refractivity contribution in [2.75, 3.05) is 0 Å². The third kappa shape index (κ3) is 3.59. The zero-order valence-corrected chi connectivity index (χ0v) is 10.1. The van der Waals surface area contributed by atoms with E-state index in [4.69, 9.17) is 10.8 Å². The molecule has 0 radical (unpaired) electrons. The molecule has 2 N–H and O–H groups in total. The number of allylic oxidation sites excluding steroid dienone is 2. The molecule has 4 nitrogen and oxygen atoms in total. The second-order valence-electron chi connectivity index (χ2n) is 4.04. The lowest BCUT2D eigenvalue weighted by atomic mass is 10.4. The van der Waals surface area contributed by atoms with E-state index in [1.807, 2.05) is 33.9 Å². The van der Waals surface area contributed by atoms with Crippen LogP contribution in [0, 0.1) is 10.8 Å². The molecule has 0 aliphatic rings. The van der Waals surface area contributed by atoms with Gasteiger partial charge in [0, 0.05) is 37.9 Å². The average molecular weight is 240 g/mol. The van der Waals surface area contributed by atoms with Crippen molar-refractivity contribution in [2.45, 2.75) is 13.1 Å². The number of aromatic nitrogens is 2. The van der Waals surface area contributed by atoms with Crippen LogP contribution in [0.1, 0.15) is 0 Å². The SMILES string of the molecule is N=c1ccn(C/C=C/Cn2ccc(=N)cc2)cc1. The summed E-state index contributed by atoms with van der Waals surface area (Å²) in [5.41, 5.74) is 0. The zero-order chi connectivity index (χ0) is 12.8. The summed E-state index contributed by atoms with van der Waals surface area (Å²) in [6.45, 7) is 1.61. The molecule has 2 aromatic heterocycles. The van der Waals surface area contributed by atoms with E-state index < -0.39 is 0 Å². The lowest BCUT2D eigenvalue weighted by Crippen LogP contribution is -2.04. The predicted octanol–water partition coefficient (Wildman–Crippen LogP) is 1.50. The molecule has 0 amide bonds. The molecule has 2 rings (SSSR count). The van der Waals surface area contributed by atoms with Gasteiger partial charge in [-0.2, -0.15) is 0 Å². The minimum atomic E-state index is 0.529. The van der Waals surface area contributed by atoms with Gasteiger partial charge in [-0.05, 0) is 24.3 Å². The largest absolute Gasteiger partial charge is 0.350 e. The Labute approximate surface area is 105 Å². The second-order valence-corrected chi connectivity index (χ2v) is 4.04. The summed E-state index contributed by atoms with van der Waals surface area (Å²) >= 11 is 0. The molecular formula is C14H16N4. The molecule has 0 aliphatic heterocycles. The highest BCUT2D eigenvalue weighted by molar-refractivity contribution is 4.95. The Morgan fingerprint density at radius 3 is 1.39 bits per heavy atom. The zero-order valence-electron chi connectivity index (χ0n) is 10.1.